The minimum absolute atomic E-state index is 0.181. The van der Waals surface area contributed by atoms with Crippen molar-refractivity contribution in [2.24, 2.45) is 0 Å². The lowest BCUT2D eigenvalue weighted by Crippen LogP contribution is -2.43. The predicted octanol–water partition coefficient (Wildman–Crippen LogP) is 1.81. The molecule has 144 valence electrons. The normalized spacial score (nSPS) is 14.6. The Morgan fingerprint density at radius 2 is 1.89 bits per heavy atom. The molecule has 10 heteroatoms. The minimum Gasteiger partial charge on any atom is -0.495 e. The molecule has 0 aromatic heterocycles. The van der Waals surface area contributed by atoms with Gasteiger partial charge in [0, 0.05) is 32.2 Å². The van der Waals surface area contributed by atoms with Gasteiger partial charge in [-0.1, -0.05) is 12.1 Å². The number of hydrogen-bond acceptors (Lipinski definition) is 7. The highest BCUT2D eigenvalue weighted by atomic mass is 32.2. The van der Waals surface area contributed by atoms with Gasteiger partial charge in [0.25, 0.3) is 15.7 Å². The Morgan fingerprint density at radius 3 is 2.56 bits per heavy atom. The number of nitro benzene ring substituents is 1. The summed E-state index contributed by atoms with van der Waals surface area (Å²) in [5.41, 5.74) is 0.436. The summed E-state index contributed by atoms with van der Waals surface area (Å²) in [6, 6.07) is 10.5. The molecule has 1 aliphatic rings. The summed E-state index contributed by atoms with van der Waals surface area (Å²) in [5.74, 6) is 0.355. The number of anilines is 2. The molecule has 1 aliphatic heterocycles. The van der Waals surface area contributed by atoms with Gasteiger partial charge in [-0.3, -0.25) is 14.8 Å². The molecular weight excluding hydrogens is 372 g/mol. The van der Waals surface area contributed by atoms with Crippen molar-refractivity contribution in [3.8, 4) is 5.75 Å². The second kappa shape index (κ2) is 7.80. The summed E-state index contributed by atoms with van der Waals surface area (Å²) >= 11 is 0. The highest BCUT2D eigenvalue weighted by Gasteiger charge is 2.25. The van der Waals surface area contributed by atoms with E-state index in [1.807, 2.05) is 4.90 Å². The van der Waals surface area contributed by atoms with Gasteiger partial charge in [0.1, 0.15) is 11.4 Å². The molecule has 1 saturated heterocycles. The van der Waals surface area contributed by atoms with Crippen LogP contribution in [0.1, 0.15) is 0 Å². The van der Waals surface area contributed by atoms with Gasteiger partial charge in [-0.25, -0.2) is 8.42 Å². The highest BCUT2D eigenvalue weighted by molar-refractivity contribution is 7.92. The number of hydrogen-bond donors (Lipinski definition) is 2. The van der Waals surface area contributed by atoms with Crippen LogP contribution in [-0.2, 0) is 10.0 Å². The van der Waals surface area contributed by atoms with Gasteiger partial charge in [-0.2, -0.15) is 0 Å². The molecule has 0 spiro atoms. The van der Waals surface area contributed by atoms with Gasteiger partial charge in [-0.05, 0) is 24.3 Å². The van der Waals surface area contributed by atoms with Crippen LogP contribution in [0.4, 0.5) is 17.1 Å². The molecule has 3 rings (SSSR count). The molecular formula is C17H20N4O5S. The van der Waals surface area contributed by atoms with E-state index < -0.39 is 14.9 Å². The maximum Gasteiger partial charge on any atom is 0.293 e. The Kier molecular flexibility index (Phi) is 5.47. The number of para-hydroxylation sites is 2. The topological polar surface area (TPSA) is 114 Å². The first kappa shape index (κ1) is 18.9. The van der Waals surface area contributed by atoms with Gasteiger partial charge < -0.3 is 15.0 Å². The number of ether oxygens (including phenoxy) is 1. The van der Waals surface area contributed by atoms with Gasteiger partial charge in [-0.15, -0.1) is 0 Å². The van der Waals surface area contributed by atoms with Crippen LogP contribution in [0.2, 0.25) is 0 Å². The first-order valence-corrected chi connectivity index (χ1v) is 9.80. The second-order valence-electron chi connectivity index (χ2n) is 5.95. The maximum atomic E-state index is 12.7. The fourth-order valence-electron chi connectivity index (χ4n) is 2.92. The van der Waals surface area contributed by atoms with E-state index in [0.717, 1.165) is 6.07 Å². The van der Waals surface area contributed by atoms with Crippen molar-refractivity contribution in [3.63, 3.8) is 0 Å². The van der Waals surface area contributed by atoms with Crippen LogP contribution < -0.4 is 19.7 Å². The van der Waals surface area contributed by atoms with E-state index in [9.17, 15) is 18.5 Å². The predicted molar refractivity (Wildman–Crippen MR) is 102 cm³/mol. The first-order valence-electron chi connectivity index (χ1n) is 8.32. The molecule has 2 aromatic carbocycles. The SMILES string of the molecule is COc1ccccc1NS(=O)(=O)c1ccc(N2CCNCC2)c([N+](=O)[O-])c1. The van der Waals surface area contributed by atoms with Crippen LogP contribution in [0, 0.1) is 10.1 Å². The second-order valence-corrected chi connectivity index (χ2v) is 7.63. The van der Waals surface area contributed by atoms with Crippen molar-refractivity contribution in [2.45, 2.75) is 4.90 Å². The number of benzene rings is 2. The van der Waals surface area contributed by atoms with Crippen molar-refractivity contribution in [1.29, 1.82) is 0 Å². The Bertz CT molecular complexity index is 942. The number of piperazine rings is 1. The number of methoxy groups -OCH3 is 1. The summed E-state index contributed by atoms with van der Waals surface area (Å²) in [6.45, 7) is 2.66. The fourth-order valence-corrected chi connectivity index (χ4v) is 4.01. The zero-order valence-electron chi connectivity index (χ0n) is 14.7. The Balaban J connectivity index is 1.95. The van der Waals surface area contributed by atoms with Gasteiger partial charge in [0.15, 0.2) is 0 Å². The summed E-state index contributed by atoms with van der Waals surface area (Å²) < 4.78 is 33.0. The van der Waals surface area contributed by atoms with E-state index in [2.05, 4.69) is 10.0 Å². The number of sulfonamides is 1. The van der Waals surface area contributed by atoms with E-state index in [-0.39, 0.29) is 16.3 Å². The summed E-state index contributed by atoms with van der Waals surface area (Å²) in [7, 11) is -2.58. The molecule has 0 radical (unpaired) electrons. The van der Waals surface area contributed by atoms with Gasteiger partial charge in [0.05, 0.1) is 22.6 Å². The van der Waals surface area contributed by atoms with Crippen molar-refractivity contribution in [1.82, 2.24) is 5.32 Å². The zero-order valence-corrected chi connectivity index (χ0v) is 15.5. The van der Waals surface area contributed by atoms with Gasteiger partial charge >= 0.3 is 0 Å². The lowest BCUT2D eigenvalue weighted by Gasteiger charge is -2.29. The molecule has 2 N–H and O–H groups in total. The quantitative estimate of drug-likeness (QED) is 0.569. The largest absolute Gasteiger partial charge is 0.495 e. The maximum absolute atomic E-state index is 12.7. The fraction of sp³-hybridized carbons (Fsp3) is 0.294. The lowest BCUT2D eigenvalue weighted by molar-refractivity contribution is -0.384. The molecule has 0 bridgehead atoms. The monoisotopic (exact) mass is 392 g/mol. The van der Waals surface area contributed by atoms with E-state index in [1.165, 1.54) is 19.2 Å². The number of nitrogens with zero attached hydrogens (tertiary/aromatic N) is 2. The van der Waals surface area contributed by atoms with Crippen molar-refractivity contribution in [2.75, 3.05) is 42.9 Å². The van der Waals surface area contributed by atoms with E-state index in [1.54, 1.807) is 24.3 Å². The first-order chi connectivity index (χ1) is 12.9. The highest BCUT2D eigenvalue weighted by Crippen LogP contribution is 2.32. The van der Waals surface area contributed by atoms with Crippen molar-refractivity contribution >= 4 is 27.1 Å². The van der Waals surface area contributed by atoms with E-state index in [0.29, 0.717) is 37.6 Å². The van der Waals surface area contributed by atoms with Crippen LogP contribution >= 0.6 is 0 Å². The van der Waals surface area contributed by atoms with Crippen LogP contribution in [0.15, 0.2) is 47.4 Å². The smallest absolute Gasteiger partial charge is 0.293 e. The molecule has 0 unspecified atom stereocenters. The Labute approximate surface area is 157 Å². The summed E-state index contributed by atoms with van der Waals surface area (Å²) in [6.07, 6.45) is 0. The molecule has 0 atom stereocenters. The Morgan fingerprint density at radius 1 is 1.19 bits per heavy atom. The third-order valence-electron chi connectivity index (χ3n) is 4.26. The van der Waals surface area contributed by atoms with Crippen LogP contribution in [0.25, 0.3) is 0 Å². The molecule has 0 amide bonds. The zero-order chi connectivity index (χ0) is 19.4. The standard InChI is InChI=1S/C17H20N4O5S/c1-26-17-5-3-2-4-14(17)19-27(24,25)13-6-7-15(16(12-13)21(22)23)20-10-8-18-9-11-20/h2-7,12,18-19H,8-11H2,1H3. The van der Waals surface area contributed by atoms with Crippen molar-refractivity contribution in [3.05, 3.63) is 52.6 Å². The number of nitro groups is 1. The summed E-state index contributed by atoms with van der Waals surface area (Å²) in [5, 5.41) is 14.7. The lowest BCUT2D eigenvalue weighted by atomic mass is 10.2. The molecule has 0 aliphatic carbocycles. The van der Waals surface area contributed by atoms with Crippen molar-refractivity contribution < 1.29 is 18.1 Å². The summed E-state index contributed by atoms with van der Waals surface area (Å²) in [4.78, 5) is 12.7. The van der Waals surface area contributed by atoms with Crippen LogP contribution in [0.5, 0.6) is 5.75 Å². The minimum atomic E-state index is -4.01. The molecule has 9 nitrogen and oxygen atoms in total. The third kappa shape index (κ3) is 4.12. The number of nitrogens with one attached hydrogen (secondary N) is 2. The number of rotatable bonds is 6. The third-order valence-corrected chi connectivity index (χ3v) is 5.63. The molecule has 0 saturated carbocycles. The average molecular weight is 392 g/mol. The van der Waals surface area contributed by atoms with E-state index >= 15 is 0 Å². The van der Waals surface area contributed by atoms with Crippen LogP contribution in [-0.4, -0.2) is 46.6 Å². The molecule has 27 heavy (non-hydrogen) atoms. The molecule has 1 heterocycles. The van der Waals surface area contributed by atoms with E-state index in [4.69, 9.17) is 4.74 Å². The van der Waals surface area contributed by atoms with Gasteiger partial charge in [0.2, 0.25) is 0 Å². The average Bonchev–Trinajstić information content (AvgIpc) is 2.68. The molecule has 2 aromatic rings. The Hall–Kier alpha value is -2.85. The van der Waals surface area contributed by atoms with Crippen LogP contribution in [0.3, 0.4) is 0 Å². The molecule has 1 fully saturated rings.